The Morgan fingerprint density at radius 1 is 1.48 bits per heavy atom. The van der Waals surface area contributed by atoms with Gasteiger partial charge in [0.25, 0.3) is 0 Å². The first-order valence-electron chi connectivity index (χ1n) is 6.20. The van der Waals surface area contributed by atoms with Crippen LogP contribution in [0.4, 0.5) is 0 Å². The second-order valence-electron chi connectivity index (χ2n) is 4.47. The fraction of sp³-hybridized carbons (Fsp3) is 0.385. The Balaban J connectivity index is 3.27. The molecule has 114 valence electrons. The number of nitrogens with zero attached hydrogens (tertiary/aromatic N) is 2. The minimum absolute atomic E-state index is 0.0125. The molecule has 1 unspecified atom stereocenters. The van der Waals surface area contributed by atoms with Gasteiger partial charge in [-0.05, 0) is 25.1 Å². The van der Waals surface area contributed by atoms with Crippen molar-refractivity contribution in [3.8, 4) is 11.8 Å². The molecular formula is C13H16N2O5S. The summed E-state index contributed by atoms with van der Waals surface area (Å²) in [4.78, 5) is 10.7. The van der Waals surface area contributed by atoms with Crippen molar-refractivity contribution in [3.63, 3.8) is 0 Å². The Morgan fingerprint density at radius 3 is 2.57 bits per heavy atom. The van der Waals surface area contributed by atoms with Gasteiger partial charge in [0.2, 0.25) is 10.0 Å². The number of aromatic hydroxyl groups is 1. The monoisotopic (exact) mass is 312 g/mol. The molecule has 0 aliphatic carbocycles. The molecular weight excluding hydrogens is 296 g/mol. The summed E-state index contributed by atoms with van der Waals surface area (Å²) in [6.45, 7) is 3.38. The summed E-state index contributed by atoms with van der Waals surface area (Å²) in [5, 5.41) is 27.1. The maximum atomic E-state index is 12.4. The fourth-order valence-electron chi connectivity index (χ4n) is 1.74. The summed E-state index contributed by atoms with van der Waals surface area (Å²) < 4.78 is 26.0. The van der Waals surface area contributed by atoms with Crippen LogP contribution in [0.5, 0.6) is 5.75 Å². The first kappa shape index (κ1) is 16.9. The highest BCUT2D eigenvalue weighted by molar-refractivity contribution is 7.89. The molecule has 1 aromatic carbocycles. The van der Waals surface area contributed by atoms with Crippen LogP contribution >= 0.6 is 0 Å². The molecule has 0 heterocycles. The van der Waals surface area contributed by atoms with Gasteiger partial charge in [-0.1, -0.05) is 6.92 Å². The smallest absolute Gasteiger partial charge is 0.339 e. The maximum Gasteiger partial charge on any atom is 0.339 e. The average Bonchev–Trinajstić information content (AvgIpc) is 2.43. The lowest BCUT2D eigenvalue weighted by molar-refractivity contribution is 0.0693. The molecule has 0 aliphatic rings. The number of carboxylic acids is 1. The SMILES string of the molecule is CCN(CC(C)C#N)S(=O)(=O)c1ccc(O)c(C(=O)O)c1. The van der Waals surface area contributed by atoms with Crippen molar-refractivity contribution in [2.45, 2.75) is 18.7 Å². The van der Waals surface area contributed by atoms with Crippen molar-refractivity contribution in [1.82, 2.24) is 4.31 Å². The van der Waals surface area contributed by atoms with E-state index >= 15 is 0 Å². The summed E-state index contributed by atoms with van der Waals surface area (Å²) in [6, 6.07) is 5.02. The topological polar surface area (TPSA) is 119 Å². The summed E-state index contributed by atoms with van der Waals surface area (Å²) in [7, 11) is -3.92. The molecule has 0 aromatic heterocycles. The van der Waals surface area contributed by atoms with E-state index in [1.165, 1.54) is 0 Å². The molecule has 21 heavy (non-hydrogen) atoms. The van der Waals surface area contributed by atoms with Crippen LogP contribution in [-0.2, 0) is 10.0 Å². The lowest BCUT2D eigenvalue weighted by Gasteiger charge is -2.21. The highest BCUT2D eigenvalue weighted by Crippen LogP contribution is 2.24. The van der Waals surface area contributed by atoms with Crippen molar-refractivity contribution in [2.24, 2.45) is 5.92 Å². The van der Waals surface area contributed by atoms with E-state index in [9.17, 15) is 18.3 Å². The van der Waals surface area contributed by atoms with Gasteiger partial charge >= 0.3 is 5.97 Å². The number of nitriles is 1. The number of hydrogen-bond donors (Lipinski definition) is 2. The molecule has 0 saturated heterocycles. The Bertz CT molecular complexity index is 678. The highest BCUT2D eigenvalue weighted by Gasteiger charge is 2.26. The summed E-state index contributed by atoms with van der Waals surface area (Å²) in [5.74, 6) is -2.41. The number of benzene rings is 1. The van der Waals surface area contributed by atoms with Gasteiger partial charge in [-0.3, -0.25) is 0 Å². The zero-order valence-corrected chi connectivity index (χ0v) is 12.5. The first-order chi connectivity index (χ1) is 9.73. The zero-order valence-electron chi connectivity index (χ0n) is 11.6. The van der Waals surface area contributed by atoms with Crippen LogP contribution < -0.4 is 0 Å². The number of sulfonamides is 1. The average molecular weight is 312 g/mol. The third-order valence-electron chi connectivity index (χ3n) is 2.89. The predicted octanol–water partition coefficient (Wildman–Crippen LogP) is 1.26. The molecule has 8 heteroatoms. The molecule has 0 spiro atoms. The van der Waals surface area contributed by atoms with Gasteiger partial charge in [-0.25, -0.2) is 13.2 Å². The minimum Gasteiger partial charge on any atom is -0.507 e. The van der Waals surface area contributed by atoms with E-state index in [0.717, 1.165) is 22.5 Å². The van der Waals surface area contributed by atoms with Gasteiger partial charge in [-0.15, -0.1) is 0 Å². The van der Waals surface area contributed by atoms with E-state index in [-0.39, 0.29) is 18.0 Å². The van der Waals surface area contributed by atoms with Crippen LogP contribution in [0.15, 0.2) is 23.1 Å². The molecule has 1 rings (SSSR count). The Kier molecular flexibility index (Phi) is 5.29. The third kappa shape index (κ3) is 3.71. The molecule has 0 saturated carbocycles. The molecule has 0 fully saturated rings. The number of rotatable bonds is 6. The van der Waals surface area contributed by atoms with Gasteiger partial charge in [0, 0.05) is 13.1 Å². The molecule has 0 bridgehead atoms. The van der Waals surface area contributed by atoms with Crippen LogP contribution in [0, 0.1) is 17.2 Å². The molecule has 2 N–H and O–H groups in total. The van der Waals surface area contributed by atoms with Crippen molar-refractivity contribution in [1.29, 1.82) is 5.26 Å². The van der Waals surface area contributed by atoms with E-state index in [1.54, 1.807) is 13.8 Å². The summed E-state index contributed by atoms with van der Waals surface area (Å²) in [6.07, 6.45) is 0. The van der Waals surface area contributed by atoms with Gasteiger partial charge < -0.3 is 10.2 Å². The lowest BCUT2D eigenvalue weighted by Crippen LogP contribution is -2.34. The van der Waals surface area contributed by atoms with Crippen molar-refractivity contribution in [2.75, 3.05) is 13.1 Å². The van der Waals surface area contributed by atoms with Crippen LogP contribution in [-0.4, -0.2) is 42.0 Å². The molecule has 7 nitrogen and oxygen atoms in total. The van der Waals surface area contributed by atoms with E-state index < -0.39 is 33.2 Å². The number of carbonyl (C=O) groups is 1. The number of hydrogen-bond acceptors (Lipinski definition) is 5. The summed E-state index contributed by atoms with van der Waals surface area (Å²) in [5.41, 5.74) is -0.486. The third-order valence-corrected chi connectivity index (χ3v) is 4.82. The van der Waals surface area contributed by atoms with Crippen LogP contribution in [0.3, 0.4) is 0 Å². The molecule has 0 aliphatic heterocycles. The normalized spacial score (nSPS) is 12.9. The Morgan fingerprint density at radius 2 is 2.10 bits per heavy atom. The van der Waals surface area contributed by atoms with Crippen LogP contribution in [0.25, 0.3) is 0 Å². The van der Waals surface area contributed by atoms with Gasteiger partial charge in [0.1, 0.15) is 11.3 Å². The van der Waals surface area contributed by atoms with E-state index in [2.05, 4.69) is 0 Å². The van der Waals surface area contributed by atoms with Gasteiger partial charge in [0.15, 0.2) is 0 Å². The second-order valence-corrected chi connectivity index (χ2v) is 6.41. The van der Waals surface area contributed by atoms with Crippen molar-refractivity contribution in [3.05, 3.63) is 23.8 Å². The van der Waals surface area contributed by atoms with E-state index in [0.29, 0.717) is 0 Å². The number of carboxylic acid groups (broad SMARTS) is 1. The Hall–Kier alpha value is -2.11. The summed E-state index contributed by atoms with van der Waals surface area (Å²) >= 11 is 0. The quantitative estimate of drug-likeness (QED) is 0.816. The lowest BCUT2D eigenvalue weighted by atomic mass is 10.2. The van der Waals surface area contributed by atoms with Crippen molar-refractivity contribution < 1.29 is 23.4 Å². The number of phenols is 1. The van der Waals surface area contributed by atoms with Gasteiger partial charge in [-0.2, -0.15) is 9.57 Å². The highest BCUT2D eigenvalue weighted by atomic mass is 32.2. The molecule has 1 atom stereocenters. The minimum atomic E-state index is -3.92. The van der Waals surface area contributed by atoms with Crippen LogP contribution in [0.1, 0.15) is 24.2 Å². The molecule has 0 amide bonds. The Labute approximate surface area is 123 Å². The molecule has 1 aromatic rings. The molecule has 0 radical (unpaired) electrons. The largest absolute Gasteiger partial charge is 0.507 e. The first-order valence-corrected chi connectivity index (χ1v) is 7.64. The van der Waals surface area contributed by atoms with E-state index in [1.807, 2.05) is 6.07 Å². The van der Waals surface area contributed by atoms with E-state index in [4.69, 9.17) is 10.4 Å². The van der Waals surface area contributed by atoms with Crippen molar-refractivity contribution >= 4 is 16.0 Å². The second kappa shape index (κ2) is 6.56. The predicted molar refractivity (Wildman–Crippen MR) is 74.3 cm³/mol. The zero-order chi connectivity index (χ0) is 16.2. The maximum absolute atomic E-state index is 12.4. The number of aromatic carboxylic acids is 1. The standard InChI is InChI=1S/C13H16N2O5S/c1-3-15(8-9(2)7-14)21(19,20)10-4-5-12(16)11(6-10)13(17)18/h4-6,9,16H,3,8H2,1-2H3,(H,17,18). The van der Waals surface area contributed by atoms with Crippen LogP contribution in [0.2, 0.25) is 0 Å². The fourth-order valence-corrected chi connectivity index (χ4v) is 3.30. The van der Waals surface area contributed by atoms with Gasteiger partial charge in [0.05, 0.1) is 16.9 Å².